The fraction of sp³-hybridized carbons (Fsp3) is 0.368. The molecule has 1 unspecified atom stereocenters. The Kier molecular flexibility index (Phi) is 5.26. The van der Waals surface area contributed by atoms with E-state index >= 15 is 0 Å². The van der Waals surface area contributed by atoms with E-state index in [-0.39, 0.29) is 6.04 Å². The quantitative estimate of drug-likeness (QED) is 0.780. The summed E-state index contributed by atoms with van der Waals surface area (Å²) in [6.45, 7) is 9.36. The van der Waals surface area contributed by atoms with Gasteiger partial charge in [0.15, 0.2) is 0 Å². The smallest absolute Gasteiger partial charge is 0.121 e. The van der Waals surface area contributed by atoms with Crippen molar-refractivity contribution in [1.82, 2.24) is 0 Å². The Morgan fingerprint density at radius 2 is 1.90 bits per heavy atom. The summed E-state index contributed by atoms with van der Waals surface area (Å²) >= 11 is 0. The molecule has 0 radical (unpaired) electrons. The molecule has 0 amide bonds. The number of rotatable bonds is 6. The van der Waals surface area contributed by atoms with Gasteiger partial charge in [-0.3, -0.25) is 0 Å². The van der Waals surface area contributed by atoms with Gasteiger partial charge in [0, 0.05) is 17.8 Å². The second-order valence-electron chi connectivity index (χ2n) is 5.60. The fourth-order valence-electron chi connectivity index (χ4n) is 2.53. The molecule has 2 nitrogen and oxygen atoms in total. The summed E-state index contributed by atoms with van der Waals surface area (Å²) in [5.74, 6) is 0.926. The van der Waals surface area contributed by atoms with Crippen LogP contribution in [0.2, 0.25) is 0 Å². The second kappa shape index (κ2) is 7.16. The number of anilines is 1. The minimum Gasteiger partial charge on any atom is -0.494 e. The average Bonchev–Trinajstić information content (AvgIpc) is 2.45. The van der Waals surface area contributed by atoms with Crippen molar-refractivity contribution >= 4 is 5.69 Å². The lowest BCUT2D eigenvalue weighted by Gasteiger charge is -2.19. The van der Waals surface area contributed by atoms with E-state index in [1.54, 1.807) is 0 Å². The maximum Gasteiger partial charge on any atom is 0.121 e. The van der Waals surface area contributed by atoms with Gasteiger partial charge in [-0.25, -0.2) is 0 Å². The van der Waals surface area contributed by atoms with Crippen molar-refractivity contribution < 1.29 is 4.74 Å². The van der Waals surface area contributed by atoms with E-state index in [1.165, 1.54) is 16.7 Å². The fourth-order valence-corrected chi connectivity index (χ4v) is 2.53. The molecule has 1 N–H and O–H groups in total. The number of hydrogen-bond donors (Lipinski definition) is 1. The van der Waals surface area contributed by atoms with Crippen LogP contribution in [0, 0.1) is 13.8 Å². The molecular formula is C19H25NO. The van der Waals surface area contributed by atoms with Gasteiger partial charge >= 0.3 is 0 Å². The summed E-state index contributed by atoms with van der Waals surface area (Å²) in [5, 5.41) is 3.56. The Morgan fingerprint density at radius 1 is 1.10 bits per heavy atom. The molecular weight excluding hydrogens is 258 g/mol. The normalized spacial score (nSPS) is 12.0. The van der Waals surface area contributed by atoms with E-state index < -0.39 is 0 Å². The molecule has 2 aromatic carbocycles. The molecule has 2 aromatic rings. The first-order valence-corrected chi connectivity index (χ1v) is 7.66. The molecule has 112 valence electrons. The maximum atomic E-state index is 5.68. The summed E-state index contributed by atoms with van der Waals surface area (Å²) < 4.78 is 5.68. The lowest BCUT2D eigenvalue weighted by Crippen LogP contribution is -2.08. The van der Waals surface area contributed by atoms with Crippen molar-refractivity contribution in [3.05, 3.63) is 59.2 Å². The van der Waals surface area contributed by atoms with Gasteiger partial charge < -0.3 is 10.1 Å². The van der Waals surface area contributed by atoms with Crippen molar-refractivity contribution in [1.29, 1.82) is 0 Å². The van der Waals surface area contributed by atoms with Crippen LogP contribution in [0.25, 0.3) is 0 Å². The lowest BCUT2D eigenvalue weighted by atomic mass is 10.00. The molecule has 1 atom stereocenters. The number of benzene rings is 2. The molecule has 0 saturated heterocycles. The standard InChI is InChI=1S/C19H25NO/c1-5-11-21-18-8-6-7-17(13-18)20-16(4)19-10-9-14(2)12-15(19)3/h6-10,12-13,16,20H,5,11H2,1-4H3. The van der Waals surface area contributed by atoms with E-state index in [0.717, 1.165) is 24.5 Å². The van der Waals surface area contributed by atoms with Gasteiger partial charge in [0.1, 0.15) is 5.75 Å². The molecule has 0 aliphatic heterocycles. The molecule has 2 heteroatoms. The van der Waals surface area contributed by atoms with Crippen LogP contribution in [-0.4, -0.2) is 6.61 Å². The Balaban J connectivity index is 2.10. The lowest BCUT2D eigenvalue weighted by molar-refractivity contribution is 0.317. The zero-order chi connectivity index (χ0) is 15.2. The highest BCUT2D eigenvalue weighted by Gasteiger charge is 2.08. The predicted molar refractivity (Wildman–Crippen MR) is 90.2 cm³/mol. The Hall–Kier alpha value is -1.96. The zero-order valence-corrected chi connectivity index (χ0v) is 13.4. The van der Waals surface area contributed by atoms with Crippen LogP contribution < -0.4 is 10.1 Å². The topological polar surface area (TPSA) is 21.3 Å². The van der Waals surface area contributed by atoms with Crippen molar-refractivity contribution in [2.24, 2.45) is 0 Å². The highest BCUT2D eigenvalue weighted by atomic mass is 16.5. The molecule has 0 bridgehead atoms. The Morgan fingerprint density at radius 3 is 2.62 bits per heavy atom. The number of aryl methyl sites for hydroxylation is 2. The first-order valence-electron chi connectivity index (χ1n) is 7.66. The summed E-state index contributed by atoms with van der Waals surface area (Å²) in [6, 6.07) is 15.1. The summed E-state index contributed by atoms with van der Waals surface area (Å²) in [4.78, 5) is 0. The minimum atomic E-state index is 0.270. The molecule has 0 aliphatic carbocycles. The number of hydrogen-bond acceptors (Lipinski definition) is 2. The van der Waals surface area contributed by atoms with Gasteiger partial charge in [-0.2, -0.15) is 0 Å². The van der Waals surface area contributed by atoms with Gasteiger partial charge in [0.2, 0.25) is 0 Å². The van der Waals surface area contributed by atoms with E-state index in [0.29, 0.717) is 0 Å². The van der Waals surface area contributed by atoms with Crippen LogP contribution in [0.5, 0.6) is 5.75 Å². The van der Waals surface area contributed by atoms with Crippen LogP contribution in [0.1, 0.15) is 43.0 Å². The number of nitrogens with one attached hydrogen (secondary N) is 1. The third-order valence-corrected chi connectivity index (χ3v) is 3.58. The van der Waals surface area contributed by atoms with Crippen molar-refractivity contribution in [2.45, 2.75) is 40.2 Å². The minimum absolute atomic E-state index is 0.270. The summed E-state index contributed by atoms with van der Waals surface area (Å²) in [6.07, 6.45) is 1.02. The molecule has 0 heterocycles. The highest BCUT2D eigenvalue weighted by Crippen LogP contribution is 2.25. The molecule has 0 fully saturated rings. The van der Waals surface area contributed by atoms with Crippen LogP contribution in [-0.2, 0) is 0 Å². The molecule has 0 spiro atoms. The number of ether oxygens (including phenoxy) is 1. The van der Waals surface area contributed by atoms with Crippen LogP contribution in [0.3, 0.4) is 0 Å². The Labute approximate surface area is 128 Å². The zero-order valence-electron chi connectivity index (χ0n) is 13.4. The van der Waals surface area contributed by atoms with Crippen molar-refractivity contribution in [2.75, 3.05) is 11.9 Å². The van der Waals surface area contributed by atoms with Crippen LogP contribution in [0.4, 0.5) is 5.69 Å². The second-order valence-corrected chi connectivity index (χ2v) is 5.60. The largest absolute Gasteiger partial charge is 0.494 e. The Bertz CT molecular complexity index is 592. The van der Waals surface area contributed by atoms with Crippen molar-refractivity contribution in [3.8, 4) is 5.75 Å². The third-order valence-electron chi connectivity index (χ3n) is 3.58. The highest BCUT2D eigenvalue weighted by molar-refractivity contribution is 5.50. The van der Waals surface area contributed by atoms with Crippen molar-refractivity contribution in [3.63, 3.8) is 0 Å². The van der Waals surface area contributed by atoms with E-state index in [2.05, 4.69) is 63.3 Å². The summed E-state index contributed by atoms with van der Waals surface area (Å²) in [5.41, 5.74) is 5.06. The average molecular weight is 283 g/mol. The molecule has 0 aromatic heterocycles. The van der Waals surface area contributed by atoms with Crippen LogP contribution >= 0.6 is 0 Å². The van der Waals surface area contributed by atoms with E-state index in [1.807, 2.05) is 12.1 Å². The van der Waals surface area contributed by atoms with E-state index in [9.17, 15) is 0 Å². The molecule has 0 aliphatic rings. The van der Waals surface area contributed by atoms with Gasteiger partial charge in [0.25, 0.3) is 0 Å². The molecule has 2 rings (SSSR count). The van der Waals surface area contributed by atoms with Gasteiger partial charge in [-0.05, 0) is 50.5 Å². The predicted octanol–water partition coefficient (Wildman–Crippen LogP) is 5.27. The van der Waals surface area contributed by atoms with Gasteiger partial charge in [0.05, 0.1) is 6.61 Å². The summed E-state index contributed by atoms with van der Waals surface area (Å²) in [7, 11) is 0. The first-order chi connectivity index (χ1) is 10.1. The third kappa shape index (κ3) is 4.25. The van der Waals surface area contributed by atoms with Crippen LogP contribution in [0.15, 0.2) is 42.5 Å². The van der Waals surface area contributed by atoms with Gasteiger partial charge in [-0.15, -0.1) is 0 Å². The maximum absolute atomic E-state index is 5.68. The first kappa shape index (κ1) is 15.4. The van der Waals surface area contributed by atoms with E-state index in [4.69, 9.17) is 4.74 Å². The molecule has 21 heavy (non-hydrogen) atoms. The monoisotopic (exact) mass is 283 g/mol. The van der Waals surface area contributed by atoms with Gasteiger partial charge in [-0.1, -0.05) is 36.8 Å². The molecule has 0 saturated carbocycles. The SMILES string of the molecule is CCCOc1cccc(NC(C)c2ccc(C)cc2C)c1.